The molecule has 1 amide bonds. The predicted molar refractivity (Wildman–Crippen MR) is 57.5 cm³/mol. The van der Waals surface area contributed by atoms with E-state index in [9.17, 15) is 9.90 Å². The highest BCUT2D eigenvalue weighted by Gasteiger charge is 2.22. The third-order valence-corrected chi connectivity index (χ3v) is 1.86. The summed E-state index contributed by atoms with van der Waals surface area (Å²) >= 11 is 5.56. The zero-order valence-electron chi connectivity index (χ0n) is 9.17. The number of carbonyl (C=O) groups excluding carboxylic acids is 1. The monoisotopic (exact) mass is 222 g/mol. The Labute approximate surface area is 90.2 Å². The lowest BCUT2D eigenvalue weighted by molar-refractivity contribution is -0.121. The highest BCUT2D eigenvalue weighted by molar-refractivity contribution is 6.30. The van der Waals surface area contributed by atoms with Crippen molar-refractivity contribution in [1.29, 1.82) is 0 Å². The second-order valence-corrected chi connectivity index (χ2v) is 4.72. The highest BCUT2D eigenvalue weighted by atomic mass is 35.5. The van der Waals surface area contributed by atoms with Gasteiger partial charge in [-0.1, -0.05) is 0 Å². The number of halogens is 1. The first-order valence-corrected chi connectivity index (χ1v) is 4.97. The Morgan fingerprint density at radius 3 is 2.50 bits per heavy atom. The Balaban J connectivity index is 3.92. The summed E-state index contributed by atoms with van der Waals surface area (Å²) in [5.41, 5.74) is -0.926. The SMILES string of the molecule is CC(Cl)C(=O)NCC(C)(O)CN(C)C. The van der Waals surface area contributed by atoms with Gasteiger partial charge < -0.3 is 15.3 Å². The van der Waals surface area contributed by atoms with Crippen molar-refractivity contribution in [1.82, 2.24) is 10.2 Å². The maximum Gasteiger partial charge on any atom is 0.237 e. The Morgan fingerprint density at radius 2 is 2.14 bits per heavy atom. The van der Waals surface area contributed by atoms with Crippen molar-refractivity contribution in [2.45, 2.75) is 24.8 Å². The molecule has 84 valence electrons. The smallest absolute Gasteiger partial charge is 0.237 e. The Hall–Kier alpha value is -0.320. The average Bonchev–Trinajstić information content (AvgIpc) is 1.97. The van der Waals surface area contributed by atoms with Crippen LogP contribution in [0.4, 0.5) is 0 Å². The van der Waals surface area contributed by atoms with Gasteiger partial charge in [-0.3, -0.25) is 4.79 Å². The van der Waals surface area contributed by atoms with Crippen molar-refractivity contribution in [3.05, 3.63) is 0 Å². The fraction of sp³-hybridized carbons (Fsp3) is 0.889. The molecular weight excluding hydrogens is 204 g/mol. The minimum absolute atomic E-state index is 0.209. The maximum atomic E-state index is 11.1. The molecule has 0 aliphatic heterocycles. The summed E-state index contributed by atoms with van der Waals surface area (Å²) in [5, 5.41) is 11.8. The first kappa shape index (κ1) is 13.7. The van der Waals surface area contributed by atoms with Crippen LogP contribution >= 0.6 is 11.6 Å². The third-order valence-electron chi connectivity index (χ3n) is 1.66. The van der Waals surface area contributed by atoms with Crippen molar-refractivity contribution in [2.24, 2.45) is 0 Å². The van der Waals surface area contributed by atoms with Crippen LogP contribution in [0.2, 0.25) is 0 Å². The van der Waals surface area contributed by atoms with Crippen LogP contribution in [0, 0.1) is 0 Å². The second-order valence-electron chi connectivity index (χ2n) is 4.07. The Bertz CT molecular complexity index is 193. The van der Waals surface area contributed by atoms with Crippen LogP contribution in [-0.2, 0) is 4.79 Å². The van der Waals surface area contributed by atoms with E-state index in [1.807, 2.05) is 19.0 Å². The Morgan fingerprint density at radius 1 is 1.64 bits per heavy atom. The molecular formula is C9H19ClN2O2. The van der Waals surface area contributed by atoms with Gasteiger partial charge in [0, 0.05) is 13.1 Å². The lowest BCUT2D eigenvalue weighted by Gasteiger charge is -2.27. The normalized spacial score (nSPS) is 17.6. The molecule has 0 heterocycles. The second kappa shape index (κ2) is 5.53. The molecule has 0 aliphatic carbocycles. The predicted octanol–water partition coefficient (Wildman–Crippen LogP) is 0.0425. The molecule has 0 rings (SSSR count). The molecule has 4 nitrogen and oxygen atoms in total. The van der Waals surface area contributed by atoms with Gasteiger partial charge in [0.25, 0.3) is 0 Å². The van der Waals surface area contributed by atoms with E-state index in [1.54, 1.807) is 13.8 Å². The summed E-state index contributed by atoms with van der Waals surface area (Å²) in [6.45, 7) is 3.97. The molecule has 0 aliphatic rings. The van der Waals surface area contributed by atoms with E-state index in [0.717, 1.165) is 0 Å². The number of rotatable bonds is 5. The number of likely N-dealkylation sites (N-methyl/N-ethyl adjacent to an activating group) is 1. The fourth-order valence-electron chi connectivity index (χ4n) is 1.16. The standard InChI is InChI=1S/C9H19ClN2O2/c1-7(10)8(13)11-5-9(2,14)6-12(3)4/h7,14H,5-6H2,1-4H3,(H,11,13). The molecule has 0 aromatic rings. The van der Waals surface area contributed by atoms with Crippen molar-refractivity contribution in [3.8, 4) is 0 Å². The molecule has 2 N–H and O–H groups in total. The van der Waals surface area contributed by atoms with Crippen molar-refractivity contribution in [3.63, 3.8) is 0 Å². The zero-order valence-corrected chi connectivity index (χ0v) is 9.93. The number of alkyl halides is 1. The van der Waals surface area contributed by atoms with Crippen LogP contribution in [-0.4, -0.2) is 54.1 Å². The van der Waals surface area contributed by atoms with E-state index in [4.69, 9.17) is 11.6 Å². The van der Waals surface area contributed by atoms with E-state index in [2.05, 4.69) is 5.32 Å². The first-order chi connectivity index (χ1) is 6.24. The van der Waals surface area contributed by atoms with E-state index in [1.165, 1.54) is 0 Å². The molecule has 2 atom stereocenters. The summed E-state index contributed by atoms with van der Waals surface area (Å²) in [6, 6.07) is 0. The quantitative estimate of drug-likeness (QED) is 0.646. The molecule has 0 radical (unpaired) electrons. The van der Waals surface area contributed by atoms with Gasteiger partial charge in [-0.2, -0.15) is 0 Å². The number of hydrogen-bond donors (Lipinski definition) is 2. The van der Waals surface area contributed by atoms with E-state index >= 15 is 0 Å². The molecule has 2 unspecified atom stereocenters. The highest BCUT2D eigenvalue weighted by Crippen LogP contribution is 2.03. The van der Waals surface area contributed by atoms with E-state index in [-0.39, 0.29) is 12.5 Å². The summed E-state index contributed by atoms with van der Waals surface area (Å²) in [6.07, 6.45) is 0. The average molecular weight is 223 g/mol. The van der Waals surface area contributed by atoms with E-state index < -0.39 is 11.0 Å². The largest absolute Gasteiger partial charge is 0.387 e. The van der Waals surface area contributed by atoms with Crippen LogP contribution in [0.3, 0.4) is 0 Å². The number of carbonyl (C=O) groups is 1. The van der Waals surface area contributed by atoms with Gasteiger partial charge in [0.1, 0.15) is 5.38 Å². The number of amides is 1. The van der Waals surface area contributed by atoms with Gasteiger partial charge in [0.2, 0.25) is 5.91 Å². The van der Waals surface area contributed by atoms with Gasteiger partial charge in [-0.25, -0.2) is 0 Å². The first-order valence-electron chi connectivity index (χ1n) is 4.53. The van der Waals surface area contributed by atoms with Gasteiger partial charge >= 0.3 is 0 Å². The van der Waals surface area contributed by atoms with Gasteiger partial charge in [0.05, 0.1) is 5.60 Å². The minimum Gasteiger partial charge on any atom is -0.387 e. The maximum absolute atomic E-state index is 11.1. The van der Waals surface area contributed by atoms with Crippen LogP contribution < -0.4 is 5.32 Å². The number of aliphatic hydroxyl groups is 1. The van der Waals surface area contributed by atoms with Gasteiger partial charge in [0.15, 0.2) is 0 Å². The van der Waals surface area contributed by atoms with Gasteiger partial charge in [-0.15, -0.1) is 11.6 Å². The molecule has 14 heavy (non-hydrogen) atoms. The van der Waals surface area contributed by atoms with Gasteiger partial charge in [-0.05, 0) is 27.9 Å². The molecule has 5 heteroatoms. The third kappa shape index (κ3) is 6.18. The summed E-state index contributed by atoms with van der Waals surface area (Å²) in [4.78, 5) is 13.0. The molecule has 0 spiro atoms. The minimum atomic E-state index is -0.926. The van der Waals surface area contributed by atoms with Crippen molar-refractivity contribution < 1.29 is 9.90 Å². The van der Waals surface area contributed by atoms with Crippen LogP contribution in [0.25, 0.3) is 0 Å². The number of hydrogen-bond acceptors (Lipinski definition) is 3. The fourth-order valence-corrected chi connectivity index (χ4v) is 1.23. The molecule has 0 bridgehead atoms. The van der Waals surface area contributed by atoms with Crippen LogP contribution in [0.15, 0.2) is 0 Å². The summed E-state index contributed by atoms with van der Waals surface area (Å²) < 4.78 is 0. The zero-order chi connectivity index (χ0) is 11.4. The summed E-state index contributed by atoms with van der Waals surface area (Å²) in [7, 11) is 3.72. The molecule has 0 fully saturated rings. The topological polar surface area (TPSA) is 52.6 Å². The lowest BCUT2D eigenvalue weighted by Crippen LogP contribution is -2.48. The van der Waals surface area contributed by atoms with Crippen LogP contribution in [0.5, 0.6) is 0 Å². The molecule has 0 saturated heterocycles. The van der Waals surface area contributed by atoms with Crippen molar-refractivity contribution in [2.75, 3.05) is 27.2 Å². The van der Waals surface area contributed by atoms with Crippen molar-refractivity contribution >= 4 is 17.5 Å². The Kier molecular flexibility index (Phi) is 5.41. The number of nitrogens with zero attached hydrogens (tertiary/aromatic N) is 1. The van der Waals surface area contributed by atoms with Crippen LogP contribution in [0.1, 0.15) is 13.8 Å². The number of nitrogens with one attached hydrogen (secondary N) is 1. The summed E-state index contributed by atoms with van der Waals surface area (Å²) in [5.74, 6) is -0.259. The molecule has 0 aromatic heterocycles. The lowest BCUT2D eigenvalue weighted by atomic mass is 10.1. The molecule has 0 aromatic carbocycles. The van der Waals surface area contributed by atoms with E-state index in [0.29, 0.717) is 6.54 Å². The molecule has 0 saturated carbocycles.